The molecule has 0 fully saturated rings. The molecule has 0 radical (unpaired) electrons. The maximum absolute atomic E-state index is 10.4. The van der Waals surface area contributed by atoms with Crippen LogP contribution in [0, 0.1) is 16.0 Å². The van der Waals surface area contributed by atoms with Crippen LogP contribution in [-0.4, -0.2) is 4.92 Å². The Kier molecular flexibility index (Phi) is 5.79. The number of hydrogen-bond donors (Lipinski definition) is 1. The van der Waals surface area contributed by atoms with Crippen LogP contribution in [0.2, 0.25) is 0 Å². The van der Waals surface area contributed by atoms with Crippen molar-refractivity contribution in [1.82, 2.24) is 0 Å². The topological polar surface area (TPSA) is 69.2 Å². The van der Waals surface area contributed by atoms with Gasteiger partial charge in [0.1, 0.15) is 0 Å². The van der Waals surface area contributed by atoms with Crippen molar-refractivity contribution in [2.75, 3.05) is 0 Å². The molecule has 1 atom stereocenters. The van der Waals surface area contributed by atoms with E-state index in [0.717, 1.165) is 11.3 Å². The van der Waals surface area contributed by atoms with Crippen LogP contribution in [0.1, 0.15) is 31.2 Å². The van der Waals surface area contributed by atoms with E-state index in [4.69, 9.17) is 5.73 Å². The van der Waals surface area contributed by atoms with Crippen LogP contribution in [-0.2, 0) is 0 Å². The van der Waals surface area contributed by atoms with Crippen molar-refractivity contribution >= 4 is 28.7 Å². The van der Waals surface area contributed by atoms with Gasteiger partial charge in [0.25, 0.3) is 0 Å². The summed E-state index contributed by atoms with van der Waals surface area (Å²) in [5, 5.41) is 10.6. The highest BCUT2D eigenvalue weighted by molar-refractivity contribution is 7.15. The first kappa shape index (κ1) is 14.3. The zero-order chi connectivity index (χ0) is 10.7. The molecule has 0 saturated carbocycles. The molecule has 0 aliphatic carbocycles. The molecule has 1 aromatic heterocycles. The van der Waals surface area contributed by atoms with Gasteiger partial charge >= 0.3 is 5.00 Å². The number of nitrogens with two attached hydrogens (primary N) is 1. The van der Waals surface area contributed by atoms with Crippen LogP contribution in [0.15, 0.2) is 12.1 Å². The van der Waals surface area contributed by atoms with Crippen LogP contribution in [0.3, 0.4) is 0 Å². The van der Waals surface area contributed by atoms with Crippen molar-refractivity contribution in [3.8, 4) is 0 Å². The van der Waals surface area contributed by atoms with Gasteiger partial charge < -0.3 is 5.73 Å². The van der Waals surface area contributed by atoms with Gasteiger partial charge in [-0.2, -0.15) is 0 Å². The fourth-order valence-electron chi connectivity index (χ4n) is 1.26. The van der Waals surface area contributed by atoms with Crippen LogP contribution in [0.5, 0.6) is 0 Å². The number of thiophene rings is 1. The maximum Gasteiger partial charge on any atom is 0.324 e. The van der Waals surface area contributed by atoms with E-state index < -0.39 is 0 Å². The molecule has 6 heteroatoms. The predicted octanol–water partition coefficient (Wildman–Crippen LogP) is 3.12. The molecule has 0 aromatic carbocycles. The number of halogens is 1. The first-order chi connectivity index (χ1) is 6.50. The number of nitrogens with zero attached hydrogens (tertiary/aromatic N) is 1. The van der Waals surface area contributed by atoms with E-state index in [1.54, 1.807) is 6.07 Å². The number of hydrogen-bond acceptors (Lipinski definition) is 4. The molecule has 0 bridgehead atoms. The van der Waals surface area contributed by atoms with Crippen LogP contribution in [0.25, 0.3) is 0 Å². The Bertz CT molecular complexity index is 328. The summed E-state index contributed by atoms with van der Waals surface area (Å²) in [6, 6.07) is 3.18. The van der Waals surface area contributed by atoms with E-state index in [2.05, 4.69) is 13.8 Å². The smallest absolute Gasteiger partial charge is 0.323 e. The van der Waals surface area contributed by atoms with Crippen molar-refractivity contribution in [1.29, 1.82) is 0 Å². The summed E-state index contributed by atoms with van der Waals surface area (Å²) < 4.78 is 0. The van der Waals surface area contributed by atoms with Gasteiger partial charge in [-0.1, -0.05) is 25.2 Å². The van der Waals surface area contributed by atoms with E-state index in [0.29, 0.717) is 5.92 Å². The lowest BCUT2D eigenvalue weighted by Crippen LogP contribution is -2.11. The highest BCUT2D eigenvalue weighted by atomic mass is 35.5. The van der Waals surface area contributed by atoms with Crippen LogP contribution < -0.4 is 5.73 Å². The van der Waals surface area contributed by atoms with Gasteiger partial charge in [-0.25, -0.2) is 0 Å². The van der Waals surface area contributed by atoms with Crippen LogP contribution in [0.4, 0.5) is 5.00 Å². The highest BCUT2D eigenvalue weighted by Crippen LogP contribution is 2.30. The van der Waals surface area contributed by atoms with Gasteiger partial charge in [0.2, 0.25) is 0 Å². The third kappa shape index (κ3) is 4.15. The van der Waals surface area contributed by atoms with Gasteiger partial charge in [-0.05, 0) is 18.4 Å². The zero-order valence-corrected chi connectivity index (χ0v) is 10.3. The molecule has 2 N–H and O–H groups in total. The quantitative estimate of drug-likeness (QED) is 0.659. The number of nitro groups is 1. The van der Waals surface area contributed by atoms with E-state index in [-0.39, 0.29) is 28.4 Å². The Morgan fingerprint density at radius 2 is 2.13 bits per heavy atom. The fraction of sp³-hybridized carbons (Fsp3) is 0.556. The second-order valence-corrected chi connectivity index (χ2v) is 4.76. The van der Waals surface area contributed by atoms with Gasteiger partial charge in [-0.3, -0.25) is 10.1 Å². The average Bonchev–Trinajstić information content (AvgIpc) is 2.50. The molecule has 0 unspecified atom stereocenters. The summed E-state index contributed by atoms with van der Waals surface area (Å²) in [7, 11) is 0. The van der Waals surface area contributed by atoms with E-state index in [9.17, 15) is 10.1 Å². The average molecular weight is 251 g/mol. The van der Waals surface area contributed by atoms with E-state index in [1.165, 1.54) is 17.4 Å². The van der Waals surface area contributed by atoms with Gasteiger partial charge in [0.05, 0.1) is 4.92 Å². The monoisotopic (exact) mass is 250 g/mol. The summed E-state index contributed by atoms with van der Waals surface area (Å²) >= 11 is 1.17. The second-order valence-electron chi connectivity index (χ2n) is 3.67. The standard InChI is InChI=1S/C9H14N2O2S.ClH/c1-6(2)5-7(10)8-3-4-9(14-8)11(12)13;/h3-4,6-7H,5,10H2,1-2H3;1H/t7-;/m1./s1. The third-order valence-electron chi connectivity index (χ3n) is 1.88. The zero-order valence-electron chi connectivity index (χ0n) is 8.67. The van der Waals surface area contributed by atoms with E-state index >= 15 is 0 Å². The predicted molar refractivity (Wildman–Crippen MR) is 64.6 cm³/mol. The Morgan fingerprint density at radius 1 is 1.53 bits per heavy atom. The van der Waals surface area contributed by atoms with Crippen molar-refractivity contribution < 1.29 is 4.92 Å². The molecule has 86 valence electrons. The summed E-state index contributed by atoms with van der Waals surface area (Å²) in [6.07, 6.45) is 0.859. The lowest BCUT2D eigenvalue weighted by molar-refractivity contribution is -0.380. The fourth-order valence-corrected chi connectivity index (χ4v) is 2.10. The second kappa shape index (κ2) is 6.05. The molecule has 0 aliphatic heterocycles. The van der Waals surface area contributed by atoms with Gasteiger partial charge in [0.15, 0.2) is 0 Å². The molecule has 1 rings (SSSR count). The summed E-state index contributed by atoms with van der Waals surface area (Å²) in [4.78, 5) is 10.9. The third-order valence-corrected chi connectivity index (χ3v) is 3.05. The summed E-state index contributed by atoms with van der Waals surface area (Å²) in [6.45, 7) is 4.17. The maximum atomic E-state index is 10.4. The minimum Gasteiger partial charge on any atom is -0.323 e. The SMILES string of the molecule is CC(C)C[C@@H](N)c1ccc([N+](=O)[O-])s1.Cl. The Labute approximate surface area is 99.0 Å². The largest absolute Gasteiger partial charge is 0.324 e. The van der Waals surface area contributed by atoms with Crippen LogP contribution >= 0.6 is 23.7 Å². The molecule has 0 saturated heterocycles. The van der Waals surface area contributed by atoms with Crippen molar-refractivity contribution in [3.63, 3.8) is 0 Å². The highest BCUT2D eigenvalue weighted by Gasteiger charge is 2.15. The normalized spacial score (nSPS) is 12.3. The molecular formula is C9H15ClN2O2S. The molecule has 0 spiro atoms. The molecule has 0 amide bonds. The summed E-state index contributed by atoms with van der Waals surface area (Å²) in [5.41, 5.74) is 5.90. The Hall–Kier alpha value is -0.650. The minimum atomic E-state index is -0.379. The number of rotatable bonds is 4. The molecule has 4 nitrogen and oxygen atoms in total. The first-order valence-electron chi connectivity index (χ1n) is 4.50. The first-order valence-corrected chi connectivity index (χ1v) is 5.32. The minimum absolute atomic E-state index is 0. The molecule has 1 aromatic rings. The van der Waals surface area contributed by atoms with E-state index in [1.807, 2.05) is 0 Å². The van der Waals surface area contributed by atoms with Crippen molar-refractivity contribution in [2.45, 2.75) is 26.3 Å². The molecule has 15 heavy (non-hydrogen) atoms. The van der Waals surface area contributed by atoms with Crippen molar-refractivity contribution in [2.24, 2.45) is 11.7 Å². The van der Waals surface area contributed by atoms with Gasteiger partial charge in [-0.15, -0.1) is 12.4 Å². The van der Waals surface area contributed by atoms with Crippen molar-refractivity contribution in [3.05, 3.63) is 27.1 Å². The lowest BCUT2D eigenvalue weighted by atomic mass is 10.0. The molecule has 1 heterocycles. The van der Waals surface area contributed by atoms with Gasteiger partial charge in [0, 0.05) is 17.0 Å². The Balaban J connectivity index is 0.00000196. The molecular weight excluding hydrogens is 236 g/mol. The lowest BCUT2D eigenvalue weighted by Gasteiger charge is -2.11. The summed E-state index contributed by atoms with van der Waals surface area (Å²) in [5.74, 6) is 0.506. The molecule has 0 aliphatic rings. The Morgan fingerprint density at radius 3 is 2.53 bits per heavy atom.